The molecule has 40 heavy (non-hydrogen) atoms. The summed E-state index contributed by atoms with van der Waals surface area (Å²) in [5.74, 6) is 1.55. The molecule has 0 atom stereocenters. The fourth-order valence-corrected chi connectivity index (χ4v) is 5.43. The summed E-state index contributed by atoms with van der Waals surface area (Å²) in [4.78, 5) is 24.7. The summed E-state index contributed by atoms with van der Waals surface area (Å²) in [5.41, 5.74) is 3.79. The van der Waals surface area contributed by atoms with E-state index in [1.54, 1.807) is 18.0 Å². The molecule has 0 saturated heterocycles. The van der Waals surface area contributed by atoms with E-state index >= 15 is 0 Å². The highest BCUT2D eigenvalue weighted by molar-refractivity contribution is 7.99. The van der Waals surface area contributed by atoms with Gasteiger partial charge in [0.1, 0.15) is 11.3 Å². The van der Waals surface area contributed by atoms with E-state index in [0.717, 1.165) is 56.5 Å². The number of fused-ring (bicyclic) bond motifs is 2. The number of nitrogens with one attached hydrogen (secondary N) is 2. The summed E-state index contributed by atoms with van der Waals surface area (Å²) in [7, 11) is 0. The van der Waals surface area contributed by atoms with Crippen LogP contribution >= 0.6 is 11.8 Å². The molecule has 0 unspecified atom stereocenters. The van der Waals surface area contributed by atoms with Crippen LogP contribution in [-0.4, -0.2) is 37.3 Å². The second-order valence-corrected chi connectivity index (χ2v) is 10.7. The summed E-state index contributed by atoms with van der Waals surface area (Å²) in [6.45, 7) is 3.25. The third-order valence-corrected chi connectivity index (χ3v) is 7.63. The van der Waals surface area contributed by atoms with Crippen molar-refractivity contribution in [2.24, 2.45) is 0 Å². The van der Waals surface area contributed by atoms with Crippen molar-refractivity contribution in [1.82, 2.24) is 10.6 Å². The van der Waals surface area contributed by atoms with Crippen LogP contribution in [0.2, 0.25) is 0 Å². The number of furan rings is 1. The van der Waals surface area contributed by atoms with Gasteiger partial charge in [0.2, 0.25) is 5.91 Å². The molecule has 0 spiro atoms. The van der Waals surface area contributed by atoms with Gasteiger partial charge in [-0.1, -0.05) is 42.5 Å². The number of thioether (sulfide) groups is 1. The summed E-state index contributed by atoms with van der Waals surface area (Å²) in [6, 6.07) is 27.9. The molecular formula is C33H32N2O4S. The van der Waals surface area contributed by atoms with E-state index in [2.05, 4.69) is 53.1 Å². The Kier molecular flexibility index (Phi) is 9.04. The highest BCUT2D eigenvalue weighted by Gasteiger charge is 2.09. The average Bonchev–Trinajstić information content (AvgIpc) is 3.38. The van der Waals surface area contributed by atoms with Crippen molar-refractivity contribution in [3.8, 4) is 5.75 Å². The van der Waals surface area contributed by atoms with Crippen LogP contribution in [0.25, 0.3) is 21.7 Å². The normalized spacial score (nSPS) is 11.0. The highest BCUT2D eigenvalue weighted by Crippen LogP contribution is 2.28. The zero-order valence-electron chi connectivity index (χ0n) is 22.4. The van der Waals surface area contributed by atoms with Crippen LogP contribution < -0.4 is 15.4 Å². The molecule has 6 nitrogen and oxygen atoms in total. The number of amides is 2. The Morgan fingerprint density at radius 2 is 1.65 bits per heavy atom. The van der Waals surface area contributed by atoms with Crippen molar-refractivity contribution in [2.75, 3.05) is 25.4 Å². The van der Waals surface area contributed by atoms with Gasteiger partial charge in [-0.15, -0.1) is 11.8 Å². The molecule has 1 aromatic heterocycles. The molecule has 204 valence electrons. The van der Waals surface area contributed by atoms with Crippen LogP contribution in [0.3, 0.4) is 0 Å². The van der Waals surface area contributed by atoms with Gasteiger partial charge in [-0.05, 0) is 77.2 Å². The van der Waals surface area contributed by atoms with E-state index in [1.165, 1.54) is 12.5 Å². The molecule has 2 amide bonds. The van der Waals surface area contributed by atoms with E-state index in [9.17, 15) is 9.59 Å². The molecule has 5 rings (SSSR count). The highest BCUT2D eigenvalue weighted by atomic mass is 32.2. The van der Waals surface area contributed by atoms with E-state index in [4.69, 9.17) is 9.15 Å². The average molecular weight is 553 g/mol. The minimum atomic E-state index is -0.0597. The van der Waals surface area contributed by atoms with Crippen molar-refractivity contribution in [3.63, 3.8) is 0 Å². The summed E-state index contributed by atoms with van der Waals surface area (Å²) >= 11 is 1.74. The van der Waals surface area contributed by atoms with Gasteiger partial charge in [0, 0.05) is 41.6 Å². The van der Waals surface area contributed by atoms with Crippen LogP contribution in [0.15, 0.2) is 101 Å². The van der Waals surface area contributed by atoms with Crippen molar-refractivity contribution in [1.29, 1.82) is 0 Å². The predicted octanol–water partition coefficient (Wildman–Crippen LogP) is 6.41. The van der Waals surface area contributed by atoms with E-state index in [1.807, 2.05) is 42.5 Å². The van der Waals surface area contributed by atoms with Crippen LogP contribution in [0, 0.1) is 0 Å². The van der Waals surface area contributed by atoms with Gasteiger partial charge < -0.3 is 19.8 Å². The zero-order chi connectivity index (χ0) is 27.7. The molecule has 0 fully saturated rings. The predicted molar refractivity (Wildman–Crippen MR) is 161 cm³/mol. The van der Waals surface area contributed by atoms with Crippen molar-refractivity contribution in [3.05, 3.63) is 108 Å². The molecule has 1 heterocycles. The standard InChI is InChI=1S/C33H32N2O4S/c1-23(36)34-16-15-27-22-39-32-13-12-29(21-31(27)32)40-19-18-38-28-11-10-24-8-5-9-25(30(24)20-28)14-17-35-33(37)26-6-3-2-4-7-26/h2-13,20-22H,14-19H2,1H3,(H,34,36)(H,35,37). The van der Waals surface area contributed by atoms with Gasteiger partial charge in [-0.3, -0.25) is 9.59 Å². The lowest BCUT2D eigenvalue weighted by atomic mass is 10.0. The first kappa shape index (κ1) is 27.3. The van der Waals surface area contributed by atoms with Crippen molar-refractivity contribution in [2.45, 2.75) is 24.7 Å². The molecule has 2 N–H and O–H groups in total. The van der Waals surface area contributed by atoms with Crippen molar-refractivity contribution >= 4 is 45.3 Å². The SMILES string of the molecule is CC(=O)NCCc1coc2ccc(SCCOc3ccc4cccc(CCNC(=O)c5ccccc5)c4c3)cc12. The maximum Gasteiger partial charge on any atom is 0.251 e. The van der Waals surface area contributed by atoms with Gasteiger partial charge in [0.05, 0.1) is 12.9 Å². The molecule has 7 heteroatoms. The quantitative estimate of drug-likeness (QED) is 0.138. The molecule has 0 radical (unpaired) electrons. The fourth-order valence-electron chi connectivity index (χ4n) is 4.66. The lowest BCUT2D eigenvalue weighted by molar-refractivity contribution is -0.118. The van der Waals surface area contributed by atoms with E-state index < -0.39 is 0 Å². The smallest absolute Gasteiger partial charge is 0.251 e. The summed E-state index contributed by atoms with van der Waals surface area (Å²) in [6.07, 6.45) is 3.24. The Hall–Kier alpha value is -4.23. The Bertz CT molecular complexity index is 1610. The minimum Gasteiger partial charge on any atom is -0.493 e. The Morgan fingerprint density at radius 1 is 0.825 bits per heavy atom. The Morgan fingerprint density at radius 3 is 2.50 bits per heavy atom. The third kappa shape index (κ3) is 7.04. The number of rotatable bonds is 12. The zero-order valence-corrected chi connectivity index (χ0v) is 23.3. The van der Waals surface area contributed by atoms with Crippen LogP contribution in [0.4, 0.5) is 0 Å². The van der Waals surface area contributed by atoms with Gasteiger partial charge in [0.25, 0.3) is 5.91 Å². The van der Waals surface area contributed by atoms with Gasteiger partial charge in [-0.2, -0.15) is 0 Å². The van der Waals surface area contributed by atoms with Crippen LogP contribution in [-0.2, 0) is 17.6 Å². The molecule has 0 aliphatic rings. The molecule has 0 aliphatic heterocycles. The second-order valence-electron chi connectivity index (χ2n) is 9.52. The summed E-state index contributed by atoms with van der Waals surface area (Å²) in [5, 5.41) is 9.22. The number of benzene rings is 4. The van der Waals surface area contributed by atoms with E-state index in [0.29, 0.717) is 25.3 Å². The van der Waals surface area contributed by atoms with E-state index in [-0.39, 0.29) is 11.8 Å². The first-order valence-corrected chi connectivity index (χ1v) is 14.4. The number of carbonyl (C=O) groups is 2. The molecule has 5 aromatic rings. The van der Waals surface area contributed by atoms with Crippen molar-refractivity contribution < 1.29 is 18.7 Å². The van der Waals surface area contributed by atoms with Gasteiger partial charge >= 0.3 is 0 Å². The van der Waals surface area contributed by atoms with Crippen LogP contribution in [0.1, 0.15) is 28.4 Å². The molecule has 0 aliphatic carbocycles. The van der Waals surface area contributed by atoms with Gasteiger partial charge in [-0.25, -0.2) is 0 Å². The number of ether oxygens (including phenoxy) is 1. The second kappa shape index (κ2) is 13.2. The first-order chi connectivity index (χ1) is 19.6. The topological polar surface area (TPSA) is 80.6 Å². The summed E-state index contributed by atoms with van der Waals surface area (Å²) < 4.78 is 11.8. The Balaban J connectivity index is 1.15. The largest absolute Gasteiger partial charge is 0.493 e. The van der Waals surface area contributed by atoms with Crippen LogP contribution in [0.5, 0.6) is 5.75 Å². The monoisotopic (exact) mass is 552 g/mol. The number of carbonyl (C=O) groups excluding carboxylic acids is 2. The number of hydrogen-bond acceptors (Lipinski definition) is 5. The maximum atomic E-state index is 12.4. The minimum absolute atomic E-state index is 0.0287. The van der Waals surface area contributed by atoms with Gasteiger partial charge in [0.15, 0.2) is 0 Å². The maximum absolute atomic E-state index is 12.4. The third-order valence-electron chi connectivity index (χ3n) is 6.67. The lowest BCUT2D eigenvalue weighted by Crippen LogP contribution is -2.25. The lowest BCUT2D eigenvalue weighted by Gasteiger charge is -2.11. The molecule has 4 aromatic carbocycles. The first-order valence-electron chi connectivity index (χ1n) is 13.4. The molecule has 0 bridgehead atoms. The molecular weight excluding hydrogens is 520 g/mol. The Labute approximate surface area is 238 Å². The number of hydrogen-bond donors (Lipinski definition) is 2. The fraction of sp³-hybridized carbons (Fsp3) is 0.212. The molecule has 0 saturated carbocycles.